The van der Waals surface area contributed by atoms with Crippen LogP contribution in [0.25, 0.3) is 0 Å². The first-order valence-corrected chi connectivity index (χ1v) is 7.16. The zero-order valence-electron chi connectivity index (χ0n) is 13.6. The predicted molar refractivity (Wildman–Crippen MR) is 89.1 cm³/mol. The van der Waals surface area contributed by atoms with Crippen molar-refractivity contribution in [2.75, 3.05) is 14.2 Å². The molecule has 0 atom stereocenters. The van der Waals surface area contributed by atoms with Crippen molar-refractivity contribution in [3.8, 4) is 11.5 Å². The summed E-state index contributed by atoms with van der Waals surface area (Å²) in [6.45, 7) is 1.99. The lowest BCUT2D eigenvalue weighted by atomic mass is 9.92. The molecule has 0 aliphatic heterocycles. The Morgan fingerprint density at radius 3 is 1.58 bits per heavy atom. The number of carbonyl (C=O) groups excluding carboxylic acids is 2. The van der Waals surface area contributed by atoms with E-state index in [0.717, 1.165) is 11.1 Å². The van der Waals surface area contributed by atoms with Crippen molar-refractivity contribution in [3.63, 3.8) is 0 Å². The number of isocyanates is 2. The third kappa shape index (κ3) is 3.58. The molecule has 2 aromatic carbocycles. The number of ether oxygens (including phenoxy) is 2. The Hall–Kier alpha value is -3.20. The van der Waals surface area contributed by atoms with E-state index in [9.17, 15) is 9.59 Å². The Morgan fingerprint density at radius 2 is 1.25 bits per heavy atom. The van der Waals surface area contributed by atoms with Gasteiger partial charge in [-0.15, -0.1) is 0 Å². The highest BCUT2D eigenvalue weighted by Gasteiger charge is 2.14. The maximum Gasteiger partial charge on any atom is 0.240 e. The topological polar surface area (TPSA) is 77.3 Å². The molecule has 0 saturated carbocycles. The number of hydrogen-bond acceptors (Lipinski definition) is 6. The van der Waals surface area contributed by atoms with Gasteiger partial charge in [0, 0.05) is 5.92 Å². The average Bonchev–Trinajstić information content (AvgIpc) is 2.61. The minimum absolute atomic E-state index is 0.0250. The van der Waals surface area contributed by atoms with Gasteiger partial charge in [-0.25, -0.2) is 9.59 Å². The summed E-state index contributed by atoms with van der Waals surface area (Å²) < 4.78 is 10.3. The van der Waals surface area contributed by atoms with E-state index < -0.39 is 0 Å². The van der Waals surface area contributed by atoms with Crippen LogP contribution in [0.3, 0.4) is 0 Å². The number of rotatable bonds is 6. The Kier molecular flexibility index (Phi) is 5.63. The largest absolute Gasteiger partial charge is 0.494 e. The normalized spacial score (nSPS) is 11.0. The Morgan fingerprint density at radius 1 is 0.833 bits per heavy atom. The van der Waals surface area contributed by atoms with Crippen LogP contribution in [0.5, 0.6) is 11.5 Å². The van der Waals surface area contributed by atoms with E-state index in [-0.39, 0.29) is 5.92 Å². The molecule has 0 heterocycles. The highest BCUT2D eigenvalue weighted by Crippen LogP contribution is 2.36. The van der Waals surface area contributed by atoms with Gasteiger partial charge in [0.25, 0.3) is 0 Å². The van der Waals surface area contributed by atoms with Crippen molar-refractivity contribution >= 4 is 23.5 Å². The number of methoxy groups -OCH3 is 2. The van der Waals surface area contributed by atoms with Crippen LogP contribution >= 0.6 is 0 Å². The zero-order valence-corrected chi connectivity index (χ0v) is 13.6. The second-order valence-corrected chi connectivity index (χ2v) is 4.99. The highest BCUT2D eigenvalue weighted by molar-refractivity contribution is 5.62. The molecule has 0 unspecified atom stereocenters. The molecule has 0 amide bonds. The first-order chi connectivity index (χ1) is 11.6. The molecular formula is C18H16N2O4. The van der Waals surface area contributed by atoms with Crippen LogP contribution in [-0.4, -0.2) is 26.4 Å². The fourth-order valence-corrected chi connectivity index (χ4v) is 2.42. The molecule has 0 aromatic heterocycles. The summed E-state index contributed by atoms with van der Waals surface area (Å²) in [5.41, 5.74) is 2.68. The molecule has 0 fully saturated rings. The molecule has 0 N–H and O–H groups in total. The molecule has 0 aliphatic rings. The fraction of sp³-hybridized carbons (Fsp3) is 0.222. The second-order valence-electron chi connectivity index (χ2n) is 4.99. The van der Waals surface area contributed by atoms with E-state index >= 15 is 0 Å². The molecule has 0 saturated heterocycles. The van der Waals surface area contributed by atoms with E-state index in [0.29, 0.717) is 22.9 Å². The Bertz CT molecular complexity index is 765. The lowest BCUT2D eigenvalue weighted by Gasteiger charge is -2.15. The first kappa shape index (κ1) is 17.2. The van der Waals surface area contributed by atoms with E-state index in [1.54, 1.807) is 24.3 Å². The second kappa shape index (κ2) is 7.88. The fourth-order valence-electron chi connectivity index (χ4n) is 2.42. The van der Waals surface area contributed by atoms with Crippen LogP contribution in [0.1, 0.15) is 24.0 Å². The molecular weight excluding hydrogens is 308 g/mol. The van der Waals surface area contributed by atoms with Gasteiger partial charge in [0.05, 0.1) is 14.2 Å². The lowest BCUT2D eigenvalue weighted by molar-refractivity contribution is 0.415. The van der Waals surface area contributed by atoms with Crippen molar-refractivity contribution in [2.45, 2.75) is 12.8 Å². The maximum absolute atomic E-state index is 10.6. The van der Waals surface area contributed by atoms with Gasteiger partial charge in [0.1, 0.15) is 22.9 Å². The summed E-state index contributed by atoms with van der Waals surface area (Å²) in [5, 5.41) is 0. The quantitative estimate of drug-likeness (QED) is 0.598. The minimum atomic E-state index is -0.0250. The van der Waals surface area contributed by atoms with Gasteiger partial charge in [-0.05, 0) is 35.4 Å². The van der Waals surface area contributed by atoms with Gasteiger partial charge in [-0.1, -0.05) is 19.1 Å². The summed E-state index contributed by atoms with van der Waals surface area (Å²) in [4.78, 5) is 28.5. The van der Waals surface area contributed by atoms with Crippen LogP contribution in [0.15, 0.2) is 46.4 Å². The van der Waals surface area contributed by atoms with Crippen molar-refractivity contribution in [3.05, 3.63) is 47.5 Å². The van der Waals surface area contributed by atoms with Crippen LogP contribution in [0.2, 0.25) is 0 Å². The summed E-state index contributed by atoms with van der Waals surface area (Å²) in [7, 11) is 3.02. The van der Waals surface area contributed by atoms with Gasteiger partial charge in [-0.2, -0.15) is 9.98 Å². The van der Waals surface area contributed by atoms with Crippen LogP contribution in [-0.2, 0) is 9.59 Å². The molecule has 2 rings (SSSR count). The summed E-state index contributed by atoms with van der Waals surface area (Å²) in [6.07, 6.45) is 3.05. The third-order valence-electron chi connectivity index (χ3n) is 3.74. The first-order valence-electron chi connectivity index (χ1n) is 7.16. The van der Waals surface area contributed by atoms with Crippen LogP contribution < -0.4 is 9.47 Å². The van der Waals surface area contributed by atoms with Gasteiger partial charge in [0.2, 0.25) is 12.2 Å². The predicted octanol–water partition coefficient (Wildman–Crippen LogP) is 3.79. The van der Waals surface area contributed by atoms with Crippen molar-refractivity contribution in [2.24, 2.45) is 9.98 Å². The minimum Gasteiger partial charge on any atom is -0.494 e. The number of nitrogens with zero attached hydrogens (tertiary/aromatic N) is 2. The molecule has 6 heteroatoms. The van der Waals surface area contributed by atoms with Crippen LogP contribution in [0.4, 0.5) is 11.4 Å². The lowest BCUT2D eigenvalue weighted by Crippen LogP contribution is -1.97. The molecule has 0 aliphatic carbocycles. The standard InChI is InChI=1S/C18H16N2O4/c1-12(13-4-6-17(23-2)15(8-13)19-10-21)14-5-7-18(24-3)16(9-14)20-11-22/h4-9,12H,1-3H3. The summed E-state index contributed by atoms with van der Waals surface area (Å²) in [6, 6.07) is 10.8. The Labute approximate surface area is 139 Å². The van der Waals surface area contributed by atoms with Crippen molar-refractivity contribution < 1.29 is 19.1 Å². The molecule has 2 aromatic rings. The Balaban J connectivity index is 2.46. The SMILES string of the molecule is COc1ccc(C(C)c2ccc(OC)c(N=C=O)c2)cc1N=C=O. The van der Waals surface area contributed by atoms with E-state index in [4.69, 9.17) is 9.47 Å². The molecule has 24 heavy (non-hydrogen) atoms. The molecule has 122 valence electrons. The monoisotopic (exact) mass is 324 g/mol. The van der Waals surface area contributed by atoms with Gasteiger partial charge in [-0.3, -0.25) is 0 Å². The highest BCUT2D eigenvalue weighted by atomic mass is 16.5. The molecule has 0 radical (unpaired) electrons. The zero-order chi connectivity index (χ0) is 17.5. The van der Waals surface area contributed by atoms with Crippen LogP contribution in [0, 0.1) is 0 Å². The molecule has 0 spiro atoms. The third-order valence-corrected chi connectivity index (χ3v) is 3.74. The van der Waals surface area contributed by atoms with E-state index in [1.807, 2.05) is 19.1 Å². The van der Waals surface area contributed by atoms with Gasteiger partial charge < -0.3 is 9.47 Å². The number of hydrogen-bond donors (Lipinski definition) is 0. The molecule has 6 nitrogen and oxygen atoms in total. The van der Waals surface area contributed by atoms with Crippen molar-refractivity contribution in [1.82, 2.24) is 0 Å². The van der Waals surface area contributed by atoms with Gasteiger partial charge >= 0.3 is 0 Å². The summed E-state index contributed by atoms with van der Waals surface area (Å²) in [5.74, 6) is 0.966. The van der Waals surface area contributed by atoms with Gasteiger partial charge in [0.15, 0.2) is 0 Å². The smallest absolute Gasteiger partial charge is 0.240 e. The molecule has 0 bridgehead atoms. The maximum atomic E-state index is 10.6. The average molecular weight is 324 g/mol. The van der Waals surface area contributed by atoms with Crippen molar-refractivity contribution in [1.29, 1.82) is 0 Å². The summed E-state index contributed by atoms with van der Waals surface area (Å²) >= 11 is 0. The van der Waals surface area contributed by atoms with E-state index in [2.05, 4.69) is 9.98 Å². The van der Waals surface area contributed by atoms with E-state index in [1.165, 1.54) is 26.4 Å². The number of aliphatic imine (C=N–C) groups is 2. The number of benzene rings is 2.